The molecule has 0 aromatic heterocycles. The average Bonchev–Trinajstić information content (AvgIpc) is 2.66. The zero-order valence-corrected chi connectivity index (χ0v) is 9.96. The molecular weight excluding hydrogens is 238 g/mol. The number of hydrogen-bond donors (Lipinski definition) is 0. The van der Waals surface area contributed by atoms with Crippen molar-refractivity contribution in [1.29, 1.82) is 0 Å². The molecule has 0 aliphatic carbocycles. The lowest BCUT2D eigenvalue weighted by atomic mass is 10.3. The van der Waals surface area contributed by atoms with Crippen LogP contribution in [0.5, 0.6) is 0 Å². The van der Waals surface area contributed by atoms with E-state index in [4.69, 9.17) is 4.74 Å². The average molecular weight is 253 g/mol. The molecule has 1 rings (SSSR count). The largest absolute Gasteiger partial charge is 0.466 e. The van der Waals surface area contributed by atoms with Crippen molar-refractivity contribution in [2.75, 3.05) is 13.2 Å². The van der Waals surface area contributed by atoms with Crippen molar-refractivity contribution in [3.63, 3.8) is 0 Å². The minimum Gasteiger partial charge on any atom is -0.466 e. The van der Waals surface area contributed by atoms with E-state index in [1.165, 1.54) is 12.2 Å². The van der Waals surface area contributed by atoms with Gasteiger partial charge in [0.1, 0.15) is 6.29 Å². The first-order chi connectivity index (χ1) is 8.65. The van der Waals surface area contributed by atoms with E-state index in [0.29, 0.717) is 19.3 Å². The van der Waals surface area contributed by atoms with Crippen molar-refractivity contribution in [2.24, 2.45) is 0 Å². The number of imide groups is 1. The van der Waals surface area contributed by atoms with Crippen molar-refractivity contribution in [1.82, 2.24) is 4.90 Å². The molecule has 0 atom stereocenters. The van der Waals surface area contributed by atoms with Gasteiger partial charge in [0.15, 0.2) is 0 Å². The summed E-state index contributed by atoms with van der Waals surface area (Å²) in [5.41, 5.74) is 0. The third-order valence-corrected chi connectivity index (χ3v) is 2.39. The van der Waals surface area contributed by atoms with Crippen LogP contribution in [-0.2, 0) is 23.9 Å². The van der Waals surface area contributed by atoms with Crippen LogP contribution in [0, 0.1) is 0 Å². The molecule has 0 aromatic carbocycles. The summed E-state index contributed by atoms with van der Waals surface area (Å²) in [5.74, 6) is -1.08. The third-order valence-electron chi connectivity index (χ3n) is 2.39. The van der Waals surface area contributed by atoms with Gasteiger partial charge in [-0.2, -0.15) is 0 Å². The van der Waals surface area contributed by atoms with Crippen molar-refractivity contribution < 1.29 is 23.9 Å². The number of unbranched alkanes of at least 4 members (excludes halogenated alkanes) is 1. The molecular formula is C12H15NO5. The molecule has 0 bridgehead atoms. The maximum absolute atomic E-state index is 11.2. The highest BCUT2D eigenvalue weighted by atomic mass is 16.5. The number of amides is 2. The van der Waals surface area contributed by atoms with E-state index in [9.17, 15) is 19.2 Å². The summed E-state index contributed by atoms with van der Waals surface area (Å²) in [7, 11) is 0. The summed E-state index contributed by atoms with van der Waals surface area (Å²) in [6.45, 7) is 0.439. The number of ether oxygens (including phenoxy) is 1. The molecule has 6 heteroatoms. The summed E-state index contributed by atoms with van der Waals surface area (Å²) in [5, 5.41) is 0. The van der Waals surface area contributed by atoms with Crippen molar-refractivity contribution in [3.05, 3.63) is 12.2 Å². The topological polar surface area (TPSA) is 80.8 Å². The Morgan fingerprint density at radius 2 is 1.89 bits per heavy atom. The van der Waals surface area contributed by atoms with Crippen molar-refractivity contribution in [3.8, 4) is 0 Å². The fraction of sp³-hybridized carbons (Fsp3) is 0.500. The standard InChI is InChI=1S/C12H15NO5/c14-8-1-2-9-18-12(17)4-3-7-13-10(15)5-6-11(13)16/h5-6,8H,1-4,7,9H2. The summed E-state index contributed by atoms with van der Waals surface area (Å²) in [4.78, 5) is 44.7. The number of carbonyl (C=O) groups is 4. The highest BCUT2D eigenvalue weighted by molar-refractivity contribution is 6.12. The molecule has 6 nitrogen and oxygen atoms in total. The van der Waals surface area contributed by atoms with Crippen LogP contribution in [0.2, 0.25) is 0 Å². The van der Waals surface area contributed by atoms with E-state index in [1.807, 2.05) is 0 Å². The minimum absolute atomic E-state index is 0.151. The van der Waals surface area contributed by atoms with Gasteiger partial charge in [0.2, 0.25) is 0 Å². The number of esters is 1. The normalized spacial score (nSPS) is 14.1. The Bertz CT molecular complexity index is 357. The molecule has 1 heterocycles. The molecule has 0 saturated heterocycles. The number of rotatable bonds is 8. The Morgan fingerprint density at radius 3 is 2.50 bits per heavy atom. The number of carbonyl (C=O) groups excluding carboxylic acids is 4. The maximum atomic E-state index is 11.2. The summed E-state index contributed by atoms with van der Waals surface area (Å²) >= 11 is 0. The molecule has 1 aliphatic heterocycles. The van der Waals surface area contributed by atoms with Crippen LogP contribution in [0.25, 0.3) is 0 Å². The van der Waals surface area contributed by atoms with Crippen LogP contribution in [0.4, 0.5) is 0 Å². The van der Waals surface area contributed by atoms with Crippen LogP contribution >= 0.6 is 0 Å². The van der Waals surface area contributed by atoms with Crippen LogP contribution in [0.3, 0.4) is 0 Å². The minimum atomic E-state index is -0.382. The van der Waals surface area contributed by atoms with Gasteiger partial charge in [0, 0.05) is 31.5 Å². The van der Waals surface area contributed by atoms with Crippen molar-refractivity contribution in [2.45, 2.75) is 25.7 Å². The summed E-state index contributed by atoms with van der Waals surface area (Å²) in [6, 6.07) is 0. The highest BCUT2D eigenvalue weighted by Crippen LogP contribution is 2.06. The second-order valence-corrected chi connectivity index (χ2v) is 3.79. The first-order valence-electron chi connectivity index (χ1n) is 5.78. The highest BCUT2D eigenvalue weighted by Gasteiger charge is 2.22. The summed E-state index contributed by atoms with van der Waals surface area (Å²) in [6.07, 6.45) is 4.60. The van der Waals surface area contributed by atoms with Gasteiger partial charge in [-0.05, 0) is 12.8 Å². The fourth-order valence-electron chi connectivity index (χ4n) is 1.46. The Hall–Kier alpha value is -1.98. The van der Waals surface area contributed by atoms with Gasteiger partial charge in [-0.15, -0.1) is 0 Å². The maximum Gasteiger partial charge on any atom is 0.305 e. The Balaban J connectivity index is 2.10. The van der Waals surface area contributed by atoms with E-state index in [0.717, 1.165) is 11.2 Å². The molecule has 0 unspecified atom stereocenters. The monoisotopic (exact) mass is 253 g/mol. The molecule has 98 valence electrons. The van der Waals surface area contributed by atoms with Gasteiger partial charge in [-0.25, -0.2) is 0 Å². The Kier molecular flexibility index (Phi) is 5.76. The predicted octanol–water partition coefficient (Wildman–Crippen LogP) is 0.214. The second-order valence-electron chi connectivity index (χ2n) is 3.79. The van der Waals surface area contributed by atoms with Gasteiger partial charge < -0.3 is 9.53 Å². The van der Waals surface area contributed by atoms with Crippen molar-refractivity contribution >= 4 is 24.1 Å². The van der Waals surface area contributed by atoms with Gasteiger partial charge in [0.25, 0.3) is 11.8 Å². The van der Waals surface area contributed by atoms with Gasteiger partial charge in [-0.1, -0.05) is 0 Å². The Labute approximate surface area is 105 Å². The number of nitrogens with zero attached hydrogens (tertiary/aromatic N) is 1. The number of hydrogen-bond acceptors (Lipinski definition) is 5. The van der Waals surface area contributed by atoms with E-state index in [-0.39, 0.29) is 37.4 Å². The molecule has 0 spiro atoms. The summed E-state index contributed by atoms with van der Waals surface area (Å²) < 4.78 is 4.86. The Morgan fingerprint density at radius 1 is 1.22 bits per heavy atom. The van der Waals surface area contributed by atoms with Crippen LogP contribution < -0.4 is 0 Å². The van der Waals surface area contributed by atoms with Crippen LogP contribution in [0.15, 0.2) is 12.2 Å². The van der Waals surface area contributed by atoms with Gasteiger partial charge >= 0.3 is 5.97 Å². The molecule has 0 saturated carbocycles. The zero-order valence-electron chi connectivity index (χ0n) is 9.96. The SMILES string of the molecule is O=CCCCOC(=O)CCCN1C(=O)C=CC1=O. The molecule has 2 amide bonds. The quantitative estimate of drug-likeness (QED) is 0.267. The fourth-order valence-corrected chi connectivity index (χ4v) is 1.46. The van der Waals surface area contributed by atoms with E-state index in [2.05, 4.69) is 0 Å². The van der Waals surface area contributed by atoms with E-state index >= 15 is 0 Å². The lowest BCUT2D eigenvalue weighted by Crippen LogP contribution is -2.31. The lowest BCUT2D eigenvalue weighted by molar-refractivity contribution is -0.145. The van der Waals surface area contributed by atoms with Gasteiger partial charge in [-0.3, -0.25) is 19.3 Å². The van der Waals surface area contributed by atoms with Gasteiger partial charge in [0.05, 0.1) is 6.61 Å². The van der Waals surface area contributed by atoms with E-state index < -0.39 is 0 Å². The zero-order chi connectivity index (χ0) is 13.4. The molecule has 1 aliphatic rings. The molecule has 18 heavy (non-hydrogen) atoms. The molecule has 0 N–H and O–H groups in total. The van der Waals surface area contributed by atoms with Crippen LogP contribution in [-0.4, -0.2) is 42.1 Å². The molecule has 0 radical (unpaired) electrons. The third kappa shape index (κ3) is 4.48. The van der Waals surface area contributed by atoms with Crippen LogP contribution in [0.1, 0.15) is 25.7 Å². The lowest BCUT2D eigenvalue weighted by Gasteiger charge is -2.12. The smallest absolute Gasteiger partial charge is 0.305 e. The molecule has 0 aromatic rings. The van der Waals surface area contributed by atoms with E-state index in [1.54, 1.807) is 0 Å². The number of aldehydes is 1. The first-order valence-corrected chi connectivity index (χ1v) is 5.78. The first kappa shape index (κ1) is 14.1. The molecule has 0 fully saturated rings. The predicted molar refractivity (Wildman–Crippen MR) is 61.4 cm³/mol. The second kappa shape index (κ2) is 7.37.